The molecule has 1 amide bonds. The molecule has 2 aromatic rings. The zero-order valence-corrected chi connectivity index (χ0v) is 17.7. The van der Waals surface area contributed by atoms with E-state index in [2.05, 4.69) is 0 Å². The van der Waals surface area contributed by atoms with E-state index in [0.717, 1.165) is 6.07 Å². The largest absolute Gasteiger partial charge is 0.416 e. The van der Waals surface area contributed by atoms with Gasteiger partial charge in [-0.3, -0.25) is 4.79 Å². The molecule has 6 nitrogen and oxygen atoms in total. The molecule has 168 valence electrons. The Balaban J connectivity index is 1.42. The minimum Gasteiger partial charge on any atom is -0.340 e. The number of sulfonamides is 1. The van der Waals surface area contributed by atoms with Crippen molar-refractivity contribution in [1.82, 2.24) is 9.21 Å². The molecule has 0 bridgehead atoms. The first-order valence-corrected chi connectivity index (χ1v) is 11.5. The Morgan fingerprint density at radius 3 is 2.28 bits per heavy atom. The third-order valence-electron chi connectivity index (χ3n) is 5.95. The van der Waals surface area contributed by atoms with Crippen molar-refractivity contribution in [3.05, 3.63) is 65.2 Å². The molecule has 4 rings (SSSR count). The molecule has 1 heterocycles. The Morgan fingerprint density at radius 1 is 1.00 bits per heavy atom. The van der Waals surface area contributed by atoms with Gasteiger partial charge >= 0.3 is 6.18 Å². The molecule has 1 saturated heterocycles. The molecule has 2 aromatic carbocycles. The van der Waals surface area contributed by atoms with Gasteiger partial charge in [-0.1, -0.05) is 30.3 Å². The summed E-state index contributed by atoms with van der Waals surface area (Å²) in [6, 6.07) is 13.1. The number of halogens is 3. The molecule has 2 aliphatic rings. The number of benzene rings is 2. The summed E-state index contributed by atoms with van der Waals surface area (Å²) in [5.74, 6) is -1.26. The number of alkyl halides is 3. The van der Waals surface area contributed by atoms with Crippen molar-refractivity contribution in [2.45, 2.75) is 23.4 Å². The summed E-state index contributed by atoms with van der Waals surface area (Å²) >= 11 is 0. The summed E-state index contributed by atoms with van der Waals surface area (Å²) < 4.78 is 66.9. The van der Waals surface area contributed by atoms with Crippen LogP contribution in [0.3, 0.4) is 0 Å². The number of carbonyl (C=O) groups is 1. The van der Waals surface area contributed by atoms with Crippen LogP contribution in [0.25, 0.3) is 0 Å². The van der Waals surface area contributed by atoms with E-state index in [0.29, 0.717) is 6.42 Å². The summed E-state index contributed by atoms with van der Waals surface area (Å²) in [4.78, 5) is 14.3. The van der Waals surface area contributed by atoms with E-state index < -0.39 is 33.6 Å². The van der Waals surface area contributed by atoms with Crippen LogP contribution in [0.4, 0.5) is 13.2 Å². The van der Waals surface area contributed by atoms with Gasteiger partial charge in [0.25, 0.3) is 0 Å². The quantitative estimate of drug-likeness (QED) is 0.697. The van der Waals surface area contributed by atoms with Gasteiger partial charge in [0.1, 0.15) is 6.07 Å². The smallest absolute Gasteiger partial charge is 0.340 e. The molecular formula is C22H20F3N3O3S. The van der Waals surface area contributed by atoms with Crippen molar-refractivity contribution in [2.75, 3.05) is 26.2 Å². The maximum Gasteiger partial charge on any atom is 0.416 e. The van der Waals surface area contributed by atoms with E-state index in [1.165, 1.54) is 39.5 Å². The number of nitrogens with zero attached hydrogens (tertiary/aromatic N) is 3. The predicted molar refractivity (Wildman–Crippen MR) is 109 cm³/mol. The average Bonchev–Trinajstić information content (AvgIpc) is 3.59. The lowest BCUT2D eigenvalue weighted by Crippen LogP contribution is -2.51. The van der Waals surface area contributed by atoms with Crippen LogP contribution in [-0.2, 0) is 21.0 Å². The van der Waals surface area contributed by atoms with E-state index in [-0.39, 0.29) is 48.1 Å². The topological polar surface area (TPSA) is 81.5 Å². The highest BCUT2D eigenvalue weighted by Gasteiger charge is 2.49. The van der Waals surface area contributed by atoms with Crippen LogP contribution in [0.15, 0.2) is 53.4 Å². The number of carbonyl (C=O) groups excluding carboxylic acids is 1. The van der Waals surface area contributed by atoms with Gasteiger partial charge in [-0.2, -0.15) is 22.7 Å². The van der Waals surface area contributed by atoms with Crippen LogP contribution < -0.4 is 0 Å². The predicted octanol–water partition coefficient (Wildman–Crippen LogP) is 3.21. The highest BCUT2D eigenvalue weighted by Crippen LogP contribution is 2.51. The average molecular weight is 463 g/mol. The number of hydrogen-bond donors (Lipinski definition) is 0. The number of amides is 1. The lowest BCUT2D eigenvalue weighted by molar-refractivity contribution is -0.139. The summed E-state index contributed by atoms with van der Waals surface area (Å²) in [7, 11) is -3.89. The fourth-order valence-corrected chi connectivity index (χ4v) is 5.76. The maximum absolute atomic E-state index is 13.3. The second kappa shape index (κ2) is 8.22. The van der Waals surface area contributed by atoms with Crippen LogP contribution >= 0.6 is 0 Å². The number of rotatable bonds is 4. The van der Waals surface area contributed by atoms with Gasteiger partial charge in [-0.15, -0.1) is 0 Å². The van der Waals surface area contributed by atoms with E-state index in [4.69, 9.17) is 0 Å². The Morgan fingerprint density at radius 2 is 1.62 bits per heavy atom. The van der Waals surface area contributed by atoms with Crippen molar-refractivity contribution in [3.8, 4) is 6.07 Å². The molecule has 2 unspecified atom stereocenters. The lowest BCUT2D eigenvalue weighted by Gasteiger charge is -2.34. The monoisotopic (exact) mass is 463 g/mol. The zero-order valence-electron chi connectivity index (χ0n) is 16.9. The Kier molecular flexibility index (Phi) is 5.73. The van der Waals surface area contributed by atoms with Gasteiger partial charge < -0.3 is 4.90 Å². The van der Waals surface area contributed by atoms with Gasteiger partial charge in [0.05, 0.1) is 16.0 Å². The molecule has 2 atom stereocenters. The zero-order chi connectivity index (χ0) is 23.1. The minimum atomic E-state index is -4.48. The molecule has 1 aliphatic heterocycles. The molecule has 0 spiro atoms. The summed E-state index contributed by atoms with van der Waals surface area (Å²) in [6.07, 6.45) is -4.13. The minimum absolute atomic E-state index is 0.0511. The maximum atomic E-state index is 13.3. The third kappa shape index (κ3) is 4.10. The molecule has 10 heteroatoms. The highest BCUT2D eigenvalue weighted by molar-refractivity contribution is 7.89. The Labute approximate surface area is 183 Å². The molecule has 1 aliphatic carbocycles. The van der Waals surface area contributed by atoms with Crippen LogP contribution in [0.1, 0.15) is 29.0 Å². The van der Waals surface area contributed by atoms with Crippen molar-refractivity contribution in [3.63, 3.8) is 0 Å². The molecule has 1 saturated carbocycles. The highest BCUT2D eigenvalue weighted by atomic mass is 32.2. The van der Waals surface area contributed by atoms with Crippen molar-refractivity contribution < 1.29 is 26.4 Å². The second-order valence-electron chi connectivity index (χ2n) is 7.87. The standard InChI is InChI=1S/C22H20F3N3O3S/c23-22(24,25)19-7-3-2-6-16(19)17-13-18(17)21(29)27-9-11-28(12-10-27)32(30,31)20-8-4-1-5-15(20)14-26/h1-8,17-18H,9-13H2. The van der Waals surface area contributed by atoms with Gasteiger partial charge in [0, 0.05) is 32.1 Å². The SMILES string of the molecule is N#Cc1ccccc1S(=O)(=O)N1CCN(C(=O)C2CC2c2ccccc2C(F)(F)F)CC1. The van der Waals surface area contributed by atoms with Gasteiger partial charge in [0.2, 0.25) is 15.9 Å². The van der Waals surface area contributed by atoms with E-state index >= 15 is 0 Å². The van der Waals surface area contributed by atoms with Crippen molar-refractivity contribution in [1.29, 1.82) is 5.26 Å². The van der Waals surface area contributed by atoms with E-state index in [9.17, 15) is 31.6 Å². The molecule has 0 N–H and O–H groups in total. The first-order valence-electron chi connectivity index (χ1n) is 10.1. The Bertz CT molecular complexity index is 1180. The number of nitriles is 1. The van der Waals surface area contributed by atoms with Crippen molar-refractivity contribution >= 4 is 15.9 Å². The second-order valence-corrected chi connectivity index (χ2v) is 9.78. The lowest BCUT2D eigenvalue weighted by atomic mass is 10.0. The normalized spacial score (nSPS) is 21.8. The molecule has 2 fully saturated rings. The summed E-state index contributed by atoms with van der Waals surface area (Å²) in [5.41, 5.74) is -0.532. The van der Waals surface area contributed by atoms with Gasteiger partial charge in [-0.25, -0.2) is 8.42 Å². The van der Waals surface area contributed by atoms with Crippen LogP contribution in [-0.4, -0.2) is 49.7 Å². The first-order chi connectivity index (χ1) is 15.1. The van der Waals surface area contributed by atoms with Gasteiger partial charge in [0.15, 0.2) is 0 Å². The first kappa shape index (κ1) is 22.3. The fraction of sp³-hybridized carbons (Fsp3) is 0.364. The third-order valence-corrected chi connectivity index (χ3v) is 7.91. The van der Waals surface area contributed by atoms with E-state index in [1.807, 2.05) is 6.07 Å². The van der Waals surface area contributed by atoms with Crippen LogP contribution in [0, 0.1) is 17.2 Å². The molecule has 32 heavy (non-hydrogen) atoms. The fourth-order valence-electron chi connectivity index (χ4n) is 4.20. The number of piperazine rings is 1. The van der Waals surface area contributed by atoms with Crippen LogP contribution in [0.5, 0.6) is 0 Å². The molecular weight excluding hydrogens is 443 g/mol. The number of hydrogen-bond acceptors (Lipinski definition) is 4. The van der Waals surface area contributed by atoms with Gasteiger partial charge in [-0.05, 0) is 36.1 Å². The molecule has 0 radical (unpaired) electrons. The van der Waals surface area contributed by atoms with E-state index in [1.54, 1.807) is 12.1 Å². The van der Waals surface area contributed by atoms with Crippen LogP contribution in [0.2, 0.25) is 0 Å². The van der Waals surface area contributed by atoms with Crippen molar-refractivity contribution in [2.24, 2.45) is 5.92 Å². The Hall–Kier alpha value is -2.90. The summed E-state index contributed by atoms with van der Waals surface area (Å²) in [6.45, 7) is 0.419. The summed E-state index contributed by atoms with van der Waals surface area (Å²) in [5, 5.41) is 9.20. The molecule has 0 aromatic heterocycles.